The highest BCUT2D eigenvalue weighted by Crippen LogP contribution is 2.17. The average molecular weight is 313 g/mol. The first-order valence-corrected chi connectivity index (χ1v) is 8.07. The molecule has 0 spiro atoms. The molecular formula is C19H27N3O. The van der Waals surface area contributed by atoms with Gasteiger partial charge < -0.3 is 5.11 Å². The quantitative estimate of drug-likeness (QED) is 0.813. The van der Waals surface area contributed by atoms with Crippen molar-refractivity contribution < 1.29 is 5.11 Å². The maximum Gasteiger partial charge on any atom is 0.0793 e. The molecule has 0 fully saturated rings. The highest BCUT2D eigenvalue weighted by molar-refractivity contribution is 5.14. The van der Waals surface area contributed by atoms with Crippen molar-refractivity contribution in [1.29, 1.82) is 0 Å². The molecule has 0 saturated carbocycles. The van der Waals surface area contributed by atoms with E-state index in [1.54, 1.807) is 6.20 Å². The number of aliphatic hydroxyl groups excluding tert-OH is 1. The minimum absolute atomic E-state index is 0.234. The van der Waals surface area contributed by atoms with Crippen LogP contribution in [0.2, 0.25) is 0 Å². The van der Waals surface area contributed by atoms with Gasteiger partial charge in [0.1, 0.15) is 0 Å². The zero-order valence-electron chi connectivity index (χ0n) is 14.3. The molecule has 0 aliphatic heterocycles. The summed E-state index contributed by atoms with van der Waals surface area (Å²) in [6.07, 6.45) is 3.28. The van der Waals surface area contributed by atoms with Crippen molar-refractivity contribution in [1.82, 2.24) is 14.8 Å². The van der Waals surface area contributed by atoms with E-state index in [4.69, 9.17) is 0 Å². The minimum Gasteiger partial charge on any atom is -0.390 e. The van der Waals surface area contributed by atoms with Crippen molar-refractivity contribution in [3.05, 3.63) is 66.0 Å². The third-order valence-corrected chi connectivity index (χ3v) is 4.14. The maximum absolute atomic E-state index is 10.4. The average Bonchev–Trinajstić information content (AvgIpc) is 2.55. The molecule has 2 atom stereocenters. The summed E-state index contributed by atoms with van der Waals surface area (Å²) in [5.74, 6) is 0. The van der Waals surface area contributed by atoms with E-state index in [0.29, 0.717) is 13.1 Å². The van der Waals surface area contributed by atoms with Crippen LogP contribution in [0.3, 0.4) is 0 Å². The second-order valence-electron chi connectivity index (χ2n) is 6.24. The number of hydrogen-bond donors (Lipinski definition) is 1. The molecule has 1 N–H and O–H groups in total. The van der Waals surface area contributed by atoms with Crippen LogP contribution < -0.4 is 0 Å². The summed E-state index contributed by atoms with van der Waals surface area (Å²) in [4.78, 5) is 8.49. The zero-order chi connectivity index (χ0) is 16.7. The largest absolute Gasteiger partial charge is 0.390 e. The molecule has 0 aliphatic rings. The van der Waals surface area contributed by atoms with Gasteiger partial charge in [-0.15, -0.1) is 0 Å². The second kappa shape index (κ2) is 8.77. The number of aromatic nitrogens is 1. The standard InChI is InChI=1S/C19H27N3O/c1-16(18-10-7-11-20-12-18)22(3)15-19(23)14-21(2)13-17-8-5-4-6-9-17/h4-12,16,19,23H,13-15H2,1-3H3. The Balaban J connectivity index is 1.80. The molecule has 2 aromatic rings. The Morgan fingerprint density at radius 2 is 1.78 bits per heavy atom. The van der Waals surface area contributed by atoms with Gasteiger partial charge in [0.05, 0.1) is 6.10 Å². The molecule has 0 bridgehead atoms. The SMILES string of the molecule is CC(c1cccnc1)N(C)CC(O)CN(C)Cc1ccccc1. The van der Waals surface area contributed by atoms with Crippen molar-refractivity contribution >= 4 is 0 Å². The van der Waals surface area contributed by atoms with E-state index in [9.17, 15) is 5.11 Å². The molecule has 4 nitrogen and oxygen atoms in total. The fraction of sp³-hybridized carbons (Fsp3) is 0.421. The van der Waals surface area contributed by atoms with Gasteiger partial charge >= 0.3 is 0 Å². The maximum atomic E-state index is 10.4. The van der Waals surface area contributed by atoms with Crippen LogP contribution in [0, 0.1) is 0 Å². The summed E-state index contributed by atoms with van der Waals surface area (Å²) in [7, 11) is 4.08. The van der Waals surface area contributed by atoms with Gasteiger partial charge in [0.2, 0.25) is 0 Å². The smallest absolute Gasteiger partial charge is 0.0793 e. The van der Waals surface area contributed by atoms with Crippen molar-refractivity contribution in [2.75, 3.05) is 27.2 Å². The van der Waals surface area contributed by atoms with Gasteiger partial charge in [0.25, 0.3) is 0 Å². The van der Waals surface area contributed by atoms with Crippen molar-refractivity contribution in [3.63, 3.8) is 0 Å². The summed E-state index contributed by atoms with van der Waals surface area (Å²) in [5.41, 5.74) is 2.43. The molecular weight excluding hydrogens is 286 g/mol. The fourth-order valence-corrected chi connectivity index (χ4v) is 2.75. The number of rotatable bonds is 8. The van der Waals surface area contributed by atoms with E-state index in [1.165, 1.54) is 11.1 Å². The van der Waals surface area contributed by atoms with Gasteiger partial charge in [0.15, 0.2) is 0 Å². The van der Waals surface area contributed by atoms with Gasteiger partial charge in [-0.1, -0.05) is 36.4 Å². The molecule has 1 aromatic heterocycles. The van der Waals surface area contributed by atoms with Gasteiger partial charge in [-0.3, -0.25) is 14.8 Å². The molecule has 23 heavy (non-hydrogen) atoms. The van der Waals surface area contributed by atoms with Crippen LogP contribution in [0.15, 0.2) is 54.9 Å². The predicted octanol–water partition coefficient (Wildman–Crippen LogP) is 2.57. The third-order valence-electron chi connectivity index (χ3n) is 4.14. The number of pyridine rings is 1. The predicted molar refractivity (Wildman–Crippen MR) is 94.1 cm³/mol. The van der Waals surface area contributed by atoms with Crippen LogP contribution in [0.25, 0.3) is 0 Å². The third kappa shape index (κ3) is 5.75. The first-order valence-electron chi connectivity index (χ1n) is 8.07. The molecule has 0 amide bonds. The molecule has 0 aliphatic carbocycles. The van der Waals surface area contributed by atoms with Crippen molar-refractivity contribution in [3.8, 4) is 0 Å². The molecule has 0 saturated heterocycles. The normalized spacial score (nSPS) is 14.2. The Morgan fingerprint density at radius 1 is 1.04 bits per heavy atom. The highest BCUT2D eigenvalue weighted by atomic mass is 16.3. The van der Waals surface area contributed by atoms with E-state index in [2.05, 4.69) is 39.9 Å². The number of aliphatic hydroxyl groups is 1. The van der Waals surface area contributed by atoms with Crippen LogP contribution in [-0.2, 0) is 6.54 Å². The number of benzene rings is 1. The molecule has 2 unspecified atom stereocenters. The van der Waals surface area contributed by atoms with E-state index < -0.39 is 0 Å². The summed E-state index contributed by atoms with van der Waals surface area (Å²) in [6, 6.07) is 14.6. The van der Waals surface area contributed by atoms with Gasteiger partial charge in [-0.2, -0.15) is 0 Å². The Kier molecular flexibility index (Phi) is 6.71. The van der Waals surface area contributed by atoms with E-state index >= 15 is 0 Å². The monoisotopic (exact) mass is 313 g/mol. The molecule has 2 rings (SSSR count). The fourth-order valence-electron chi connectivity index (χ4n) is 2.75. The van der Waals surface area contributed by atoms with Crippen molar-refractivity contribution in [2.24, 2.45) is 0 Å². The molecule has 4 heteroatoms. The summed E-state index contributed by atoms with van der Waals surface area (Å²) in [5, 5.41) is 10.4. The summed E-state index contributed by atoms with van der Waals surface area (Å²) in [6.45, 7) is 4.27. The van der Waals surface area contributed by atoms with Gasteiger partial charge in [-0.25, -0.2) is 0 Å². The lowest BCUT2D eigenvalue weighted by Gasteiger charge is -2.29. The summed E-state index contributed by atoms with van der Waals surface area (Å²) < 4.78 is 0. The molecule has 0 radical (unpaired) electrons. The number of likely N-dealkylation sites (N-methyl/N-ethyl adjacent to an activating group) is 2. The first-order chi connectivity index (χ1) is 11.1. The van der Waals surface area contributed by atoms with E-state index in [0.717, 1.165) is 6.54 Å². The van der Waals surface area contributed by atoms with E-state index in [-0.39, 0.29) is 12.1 Å². The highest BCUT2D eigenvalue weighted by Gasteiger charge is 2.16. The number of hydrogen-bond acceptors (Lipinski definition) is 4. The first kappa shape index (κ1) is 17.6. The Labute approximate surface area is 139 Å². The lowest BCUT2D eigenvalue weighted by molar-refractivity contribution is 0.0767. The molecule has 1 heterocycles. The topological polar surface area (TPSA) is 39.6 Å². The minimum atomic E-state index is -0.382. The second-order valence-corrected chi connectivity index (χ2v) is 6.24. The number of nitrogens with zero attached hydrogens (tertiary/aromatic N) is 3. The van der Waals surface area contributed by atoms with Crippen LogP contribution in [0.5, 0.6) is 0 Å². The Morgan fingerprint density at radius 3 is 2.43 bits per heavy atom. The summed E-state index contributed by atoms with van der Waals surface area (Å²) >= 11 is 0. The zero-order valence-corrected chi connectivity index (χ0v) is 14.3. The van der Waals surface area contributed by atoms with Gasteiger partial charge in [-0.05, 0) is 38.2 Å². The van der Waals surface area contributed by atoms with Gasteiger partial charge in [0, 0.05) is 38.1 Å². The van der Waals surface area contributed by atoms with E-state index in [1.807, 2.05) is 44.6 Å². The lowest BCUT2D eigenvalue weighted by Crippen LogP contribution is -2.38. The van der Waals surface area contributed by atoms with Crippen LogP contribution in [-0.4, -0.2) is 53.2 Å². The van der Waals surface area contributed by atoms with Crippen LogP contribution >= 0.6 is 0 Å². The Bertz CT molecular complexity index is 561. The van der Waals surface area contributed by atoms with Crippen molar-refractivity contribution in [2.45, 2.75) is 25.6 Å². The van der Waals surface area contributed by atoms with Crippen LogP contribution in [0.1, 0.15) is 24.1 Å². The molecule has 124 valence electrons. The Hall–Kier alpha value is -1.75. The lowest BCUT2D eigenvalue weighted by atomic mass is 10.1. The van der Waals surface area contributed by atoms with Crippen LogP contribution in [0.4, 0.5) is 0 Å². The molecule has 1 aromatic carbocycles.